The van der Waals surface area contributed by atoms with Gasteiger partial charge >= 0.3 is 11.7 Å². The summed E-state index contributed by atoms with van der Waals surface area (Å²) in [6.07, 6.45) is 2.39. The van der Waals surface area contributed by atoms with Gasteiger partial charge in [0.15, 0.2) is 26.9 Å². The molecule has 1 saturated heterocycles. The number of benzene rings is 1. The van der Waals surface area contributed by atoms with E-state index in [1.165, 1.54) is 4.90 Å². The van der Waals surface area contributed by atoms with Gasteiger partial charge in [-0.15, -0.1) is 0 Å². The monoisotopic (exact) mass is 430 g/mol. The van der Waals surface area contributed by atoms with E-state index in [1.807, 2.05) is 6.07 Å². The van der Waals surface area contributed by atoms with Crippen molar-refractivity contribution < 1.29 is 40.4 Å². The van der Waals surface area contributed by atoms with Gasteiger partial charge in [0.2, 0.25) is 0 Å². The molecule has 1 aliphatic heterocycles. The minimum Gasteiger partial charge on any atom is -0.741 e. The summed E-state index contributed by atoms with van der Waals surface area (Å²) in [6.45, 7) is 2.53. The van der Waals surface area contributed by atoms with Gasteiger partial charge in [-0.3, -0.25) is 0 Å². The largest absolute Gasteiger partial charge is 0.741 e. The molecule has 0 bridgehead atoms. The van der Waals surface area contributed by atoms with Gasteiger partial charge < -0.3 is 14.0 Å². The minimum atomic E-state index is -6.09. The molecule has 0 radical (unpaired) electrons. The maximum Gasteiger partial charge on any atom is 0.508 e. The Balaban J connectivity index is 0.000000387. The molecule has 0 aromatic heterocycles. The summed E-state index contributed by atoms with van der Waals surface area (Å²) in [4.78, 5) is 12.8. The predicted octanol–water partition coefficient (Wildman–Crippen LogP) is 3.44. The van der Waals surface area contributed by atoms with Crippen molar-refractivity contribution in [1.82, 2.24) is 0 Å². The molecule has 0 saturated carbocycles. The lowest BCUT2D eigenvalue weighted by Crippen LogP contribution is -2.21. The molecule has 1 aromatic rings. The van der Waals surface area contributed by atoms with Crippen molar-refractivity contribution in [2.24, 2.45) is 0 Å². The molecule has 0 spiro atoms. The highest BCUT2D eigenvalue weighted by atomic mass is 32.2. The van der Waals surface area contributed by atoms with Crippen LogP contribution in [0.25, 0.3) is 0 Å². The predicted molar refractivity (Wildman–Crippen MR) is 93.3 cm³/mol. The second-order valence-corrected chi connectivity index (χ2v) is 9.13. The molecule has 1 aliphatic rings. The van der Waals surface area contributed by atoms with E-state index in [2.05, 4.69) is 31.2 Å². The smallest absolute Gasteiger partial charge is 0.508 e. The molecular weight excluding hydrogens is 409 g/mol. The van der Waals surface area contributed by atoms with Gasteiger partial charge in [0.1, 0.15) is 5.75 Å². The molecule has 27 heavy (non-hydrogen) atoms. The van der Waals surface area contributed by atoms with Crippen LogP contribution < -0.4 is 0 Å². The molecule has 11 heteroatoms. The van der Waals surface area contributed by atoms with E-state index in [-0.39, 0.29) is 17.0 Å². The summed E-state index contributed by atoms with van der Waals surface area (Å²) in [5.41, 5.74) is -5.65. The van der Waals surface area contributed by atoms with E-state index < -0.39 is 21.8 Å². The lowest BCUT2D eigenvalue weighted by molar-refractivity contribution is -0.0517. The fourth-order valence-electron chi connectivity index (χ4n) is 2.05. The van der Waals surface area contributed by atoms with Crippen LogP contribution in [0.5, 0.6) is 0 Å². The normalized spacial score (nSPS) is 19.7. The van der Waals surface area contributed by atoms with Crippen LogP contribution in [0.4, 0.5) is 18.0 Å². The highest BCUT2D eigenvalue weighted by molar-refractivity contribution is 7.97. The third-order valence-electron chi connectivity index (χ3n) is 3.41. The van der Waals surface area contributed by atoms with Crippen LogP contribution in [0, 0.1) is 0 Å². The first-order chi connectivity index (χ1) is 12.5. The van der Waals surface area contributed by atoms with Crippen LogP contribution in [-0.2, 0) is 30.5 Å². The number of hydrogen-bond acceptors (Lipinski definition) is 6. The maximum atomic E-state index is 11.5. The number of hydrogen-bond donors (Lipinski definition) is 0. The summed E-state index contributed by atoms with van der Waals surface area (Å²) in [5, 5.41) is 0. The molecule has 2 unspecified atom stereocenters. The van der Waals surface area contributed by atoms with Gasteiger partial charge in [0, 0.05) is 17.3 Å². The van der Waals surface area contributed by atoms with Crippen LogP contribution in [0.1, 0.15) is 26.2 Å². The van der Waals surface area contributed by atoms with Gasteiger partial charge in [-0.25, -0.2) is 13.2 Å². The lowest BCUT2D eigenvalue weighted by Gasteiger charge is -2.09. The van der Waals surface area contributed by atoms with E-state index in [4.69, 9.17) is 22.4 Å². The van der Waals surface area contributed by atoms with Crippen molar-refractivity contribution in [2.75, 3.05) is 18.1 Å². The summed E-state index contributed by atoms with van der Waals surface area (Å²) < 4.78 is 69.3. The third kappa shape index (κ3) is 8.85. The SMILES string of the molecule is CCCCOC(=O)OC1CC[S+](c2ccccc2)C1.O=S(=O)([O-])C(F)(F)F. The molecule has 6 nitrogen and oxygen atoms in total. The van der Waals surface area contributed by atoms with Crippen molar-refractivity contribution in [3.8, 4) is 0 Å². The molecule has 1 heterocycles. The number of carbonyl (C=O) groups is 1. The van der Waals surface area contributed by atoms with Crippen molar-refractivity contribution in [2.45, 2.75) is 42.7 Å². The summed E-state index contributed by atoms with van der Waals surface area (Å²) in [7, 11) is -5.87. The van der Waals surface area contributed by atoms with Gasteiger partial charge in [-0.2, -0.15) is 13.2 Å². The number of alkyl halides is 3. The Morgan fingerprint density at radius 2 is 1.89 bits per heavy atom. The number of unbranched alkanes of at least 4 members (excludes halogenated alkanes) is 1. The van der Waals surface area contributed by atoms with Gasteiger partial charge in [0.25, 0.3) is 0 Å². The molecule has 2 atom stereocenters. The van der Waals surface area contributed by atoms with E-state index >= 15 is 0 Å². The van der Waals surface area contributed by atoms with E-state index in [0.29, 0.717) is 6.61 Å². The first kappa shape index (κ1) is 23.6. The molecule has 1 aromatic carbocycles. The number of rotatable bonds is 5. The molecule has 154 valence electrons. The Hall–Kier alpha value is -1.46. The molecule has 2 rings (SSSR count). The van der Waals surface area contributed by atoms with Crippen LogP contribution >= 0.6 is 0 Å². The van der Waals surface area contributed by atoms with Crippen LogP contribution in [0.2, 0.25) is 0 Å². The Bertz CT molecular complexity index is 679. The molecule has 1 fully saturated rings. The standard InChI is InChI=1S/C15H21O3S.CHF3O3S/c1-2-3-10-17-15(16)18-13-9-11-19(12-13)14-7-5-4-6-8-14;2-1(3,4)8(5,6)7/h4-8,13H,2-3,9-12H2,1H3;(H,5,6,7)/q+1;/p-1. The Kier molecular flexibility index (Phi) is 9.40. The first-order valence-corrected chi connectivity index (χ1v) is 11.1. The van der Waals surface area contributed by atoms with Crippen molar-refractivity contribution in [3.63, 3.8) is 0 Å². The minimum absolute atomic E-state index is 0.0256. The number of halogens is 3. The quantitative estimate of drug-likeness (QED) is 0.234. The van der Waals surface area contributed by atoms with Gasteiger partial charge in [-0.05, 0) is 18.6 Å². The van der Waals surface area contributed by atoms with Crippen molar-refractivity contribution in [3.05, 3.63) is 30.3 Å². The highest BCUT2D eigenvalue weighted by Gasteiger charge is 2.37. The van der Waals surface area contributed by atoms with Gasteiger partial charge in [0.05, 0.1) is 6.61 Å². The van der Waals surface area contributed by atoms with Crippen LogP contribution in [0.3, 0.4) is 0 Å². The van der Waals surface area contributed by atoms with Gasteiger partial charge in [-0.1, -0.05) is 31.5 Å². The van der Waals surface area contributed by atoms with E-state index in [9.17, 15) is 18.0 Å². The molecule has 0 amide bonds. The maximum absolute atomic E-state index is 11.5. The topological polar surface area (TPSA) is 92.7 Å². The van der Waals surface area contributed by atoms with Crippen LogP contribution in [-0.4, -0.2) is 48.9 Å². The van der Waals surface area contributed by atoms with Crippen molar-refractivity contribution >= 4 is 27.2 Å². The molecule has 0 aliphatic carbocycles. The highest BCUT2D eigenvalue weighted by Crippen LogP contribution is 2.25. The number of ether oxygens (including phenoxy) is 2. The summed E-state index contributed by atoms with van der Waals surface area (Å²) in [6, 6.07) is 10.5. The second-order valence-electron chi connectivity index (χ2n) is 5.56. The average Bonchev–Trinajstić information content (AvgIpc) is 3.03. The van der Waals surface area contributed by atoms with E-state index in [1.54, 1.807) is 0 Å². The van der Waals surface area contributed by atoms with Crippen LogP contribution in [0.15, 0.2) is 35.2 Å². The Morgan fingerprint density at radius 3 is 2.41 bits per heavy atom. The summed E-state index contributed by atoms with van der Waals surface area (Å²) >= 11 is 0. The zero-order valence-electron chi connectivity index (χ0n) is 14.6. The third-order valence-corrected chi connectivity index (χ3v) is 6.42. The Morgan fingerprint density at radius 1 is 1.30 bits per heavy atom. The fourth-order valence-corrected chi connectivity index (χ4v) is 4.42. The van der Waals surface area contributed by atoms with E-state index in [0.717, 1.165) is 30.8 Å². The molecular formula is C16H21F3O6S2. The summed E-state index contributed by atoms with van der Waals surface area (Å²) in [5.74, 6) is 2.05. The second kappa shape index (κ2) is 10.8. The average molecular weight is 430 g/mol. The number of carbonyl (C=O) groups excluding carboxylic acids is 1. The Labute approximate surface area is 159 Å². The zero-order chi connectivity index (χ0) is 20.5. The van der Waals surface area contributed by atoms with Crippen molar-refractivity contribution in [1.29, 1.82) is 0 Å². The molecule has 0 N–H and O–H groups in total. The zero-order valence-corrected chi connectivity index (χ0v) is 16.2. The first-order valence-electron chi connectivity index (χ1n) is 8.12. The lowest BCUT2D eigenvalue weighted by atomic mass is 10.3. The fraction of sp³-hybridized carbons (Fsp3) is 0.562.